The van der Waals surface area contributed by atoms with Crippen LogP contribution in [0.2, 0.25) is 0 Å². The largest absolute Gasteiger partial charge is 0.484 e. The minimum Gasteiger partial charge on any atom is -0.484 e. The molecule has 2 nitrogen and oxygen atoms in total. The Morgan fingerprint density at radius 1 is 1.26 bits per heavy atom. The SMILES string of the molecule is CCC(N)Cc1cc(F)c(OC2CCCC2)c(F)c1. The zero-order valence-corrected chi connectivity index (χ0v) is 11.3. The smallest absolute Gasteiger partial charge is 0.191 e. The molecule has 2 N–H and O–H groups in total. The maximum absolute atomic E-state index is 13.9. The quantitative estimate of drug-likeness (QED) is 0.887. The normalized spacial score (nSPS) is 17.7. The molecular formula is C15H21F2NO. The van der Waals surface area contributed by atoms with Crippen molar-refractivity contribution in [1.82, 2.24) is 0 Å². The lowest BCUT2D eigenvalue weighted by Gasteiger charge is -2.16. The molecule has 0 amide bonds. The molecule has 1 saturated carbocycles. The molecule has 1 fully saturated rings. The second-order valence-corrected chi connectivity index (χ2v) is 5.29. The van der Waals surface area contributed by atoms with Crippen molar-refractivity contribution in [3.05, 3.63) is 29.3 Å². The molecule has 0 aromatic heterocycles. The van der Waals surface area contributed by atoms with Crippen LogP contribution in [0.3, 0.4) is 0 Å². The first-order valence-corrected chi connectivity index (χ1v) is 7.00. The summed E-state index contributed by atoms with van der Waals surface area (Å²) < 4.78 is 33.3. The maximum Gasteiger partial charge on any atom is 0.191 e. The van der Waals surface area contributed by atoms with Crippen LogP contribution in [0.15, 0.2) is 12.1 Å². The van der Waals surface area contributed by atoms with Crippen LogP contribution in [0.4, 0.5) is 8.78 Å². The van der Waals surface area contributed by atoms with Gasteiger partial charge in [-0.15, -0.1) is 0 Å². The highest BCUT2D eigenvalue weighted by Gasteiger charge is 2.21. The van der Waals surface area contributed by atoms with Crippen LogP contribution in [0, 0.1) is 11.6 Å². The lowest BCUT2D eigenvalue weighted by molar-refractivity contribution is 0.191. The third-order valence-corrected chi connectivity index (χ3v) is 3.67. The first kappa shape index (κ1) is 14.3. The van der Waals surface area contributed by atoms with Gasteiger partial charge in [-0.25, -0.2) is 8.78 Å². The average molecular weight is 269 g/mol. The molecule has 4 heteroatoms. The molecule has 0 aliphatic heterocycles. The van der Waals surface area contributed by atoms with E-state index in [0.717, 1.165) is 32.1 Å². The van der Waals surface area contributed by atoms with E-state index in [9.17, 15) is 8.78 Å². The van der Waals surface area contributed by atoms with Gasteiger partial charge < -0.3 is 10.5 Å². The minimum atomic E-state index is -0.620. The molecule has 1 aromatic carbocycles. The van der Waals surface area contributed by atoms with Crippen LogP contribution in [0.1, 0.15) is 44.6 Å². The molecule has 1 unspecified atom stereocenters. The van der Waals surface area contributed by atoms with E-state index in [1.54, 1.807) is 0 Å². The Bertz CT molecular complexity index is 407. The van der Waals surface area contributed by atoms with Crippen molar-refractivity contribution in [3.8, 4) is 5.75 Å². The van der Waals surface area contributed by atoms with Gasteiger partial charge in [-0.3, -0.25) is 0 Å². The fourth-order valence-corrected chi connectivity index (χ4v) is 2.46. The van der Waals surface area contributed by atoms with Gasteiger partial charge in [-0.1, -0.05) is 6.92 Å². The summed E-state index contributed by atoms with van der Waals surface area (Å²) in [4.78, 5) is 0. The predicted octanol–water partition coefficient (Wildman–Crippen LogP) is 3.57. The summed E-state index contributed by atoms with van der Waals surface area (Å²) in [7, 11) is 0. The van der Waals surface area contributed by atoms with Crippen molar-refractivity contribution in [2.24, 2.45) is 5.73 Å². The first-order valence-electron chi connectivity index (χ1n) is 7.00. The molecule has 0 heterocycles. The van der Waals surface area contributed by atoms with Crippen LogP contribution < -0.4 is 10.5 Å². The van der Waals surface area contributed by atoms with Crippen LogP contribution >= 0.6 is 0 Å². The van der Waals surface area contributed by atoms with Crippen LogP contribution in [-0.4, -0.2) is 12.1 Å². The van der Waals surface area contributed by atoms with Gasteiger partial charge in [0.15, 0.2) is 17.4 Å². The average Bonchev–Trinajstić information content (AvgIpc) is 2.86. The Hall–Kier alpha value is -1.16. The zero-order chi connectivity index (χ0) is 13.8. The number of hydrogen-bond donors (Lipinski definition) is 1. The topological polar surface area (TPSA) is 35.2 Å². The summed E-state index contributed by atoms with van der Waals surface area (Å²) in [6.45, 7) is 1.95. The molecule has 0 bridgehead atoms. The molecule has 106 valence electrons. The van der Waals surface area contributed by atoms with Gasteiger partial charge >= 0.3 is 0 Å². The Labute approximate surface area is 112 Å². The summed E-state index contributed by atoms with van der Waals surface area (Å²) in [5, 5.41) is 0. The Kier molecular flexibility index (Phi) is 4.75. The number of hydrogen-bond acceptors (Lipinski definition) is 2. The third-order valence-electron chi connectivity index (χ3n) is 3.67. The predicted molar refractivity (Wildman–Crippen MR) is 71.2 cm³/mol. The van der Waals surface area contributed by atoms with E-state index >= 15 is 0 Å². The minimum absolute atomic E-state index is 0.0484. The fourth-order valence-electron chi connectivity index (χ4n) is 2.46. The molecule has 0 saturated heterocycles. The van der Waals surface area contributed by atoms with E-state index in [4.69, 9.17) is 10.5 Å². The Balaban J connectivity index is 2.12. The van der Waals surface area contributed by atoms with Gasteiger partial charge in [0.25, 0.3) is 0 Å². The first-order chi connectivity index (χ1) is 9.10. The van der Waals surface area contributed by atoms with Crippen molar-refractivity contribution in [3.63, 3.8) is 0 Å². The van der Waals surface area contributed by atoms with Crippen molar-refractivity contribution in [2.75, 3.05) is 0 Å². The van der Waals surface area contributed by atoms with E-state index in [1.807, 2.05) is 6.92 Å². The van der Waals surface area contributed by atoms with Gasteiger partial charge in [0, 0.05) is 6.04 Å². The molecule has 1 aliphatic carbocycles. The third kappa shape index (κ3) is 3.66. The number of halogens is 2. The number of ether oxygens (including phenoxy) is 1. The van der Waals surface area contributed by atoms with Crippen molar-refractivity contribution in [1.29, 1.82) is 0 Å². The lowest BCUT2D eigenvalue weighted by Crippen LogP contribution is -2.21. The summed E-state index contributed by atoms with van der Waals surface area (Å²) in [5.41, 5.74) is 6.39. The standard InChI is InChI=1S/C15H21F2NO/c1-2-11(18)7-10-8-13(16)15(14(17)9-10)19-12-5-3-4-6-12/h8-9,11-12H,2-7,18H2,1H3. The Morgan fingerprint density at radius 2 is 1.84 bits per heavy atom. The van der Waals surface area contributed by atoms with Gasteiger partial charge in [-0.2, -0.15) is 0 Å². The van der Waals surface area contributed by atoms with Gasteiger partial charge in [0.1, 0.15) is 0 Å². The molecular weight excluding hydrogens is 248 g/mol. The molecule has 19 heavy (non-hydrogen) atoms. The second-order valence-electron chi connectivity index (χ2n) is 5.29. The van der Waals surface area contributed by atoms with Gasteiger partial charge in [-0.05, 0) is 56.2 Å². The van der Waals surface area contributed by atoms with Gasteiger partial charge in [0.05, 0.1) is 6.10 Å². The monoisotopic (exact) mass is 269 g/mol. The molecule has 1 aromatic rings. The van der Waals surface area contributed by atoms with E-state index < -0.39 is 11.6 Å². The van der Waals surface area contributed by atoms with Crippen LogP contribution in [-0.2, 0) is 6.42 Å². The number of nitrogens with two attached hydrogens (primary N) is 1. The zero-order valence-electron chi connectivity index (χ0n) is 11.3. The summed E-state index contributed by atoms with van der Waals surface area (Å²) >= 11 is 0. The number of benzene rings is 1. The summed E-state index contributed by atoms with van der Waals surface area (Å²) in [6.07, 6.45) is 5.10. The van der Waals surface area contributed by atoms with E-state index in [-0.39, 0.29) is 17.9 Å². The maximum atomic E-state index is 13.9. The number of rotatable bonds is 5. The highest BCUT2D eigenvalue weighted by atomic mass is 19.1. The van der Waals surface area contributed by atoms with Crippen LogP contribution in [0.25, 0.3) is 0 Å². The van der Waals surface area contributed by atoms with E-state index in [2.05, 4.69) is 0 Å². The lowest BCUT2D eigenvalue weighted by atomic mass is 10.0. The fraction of sp³-hybridized carbons (Fsp3) is 0.600. The Morgan fingerprint density at radius 3 is 2.37 bits per heavy atom. The molecule has 1 atom stereocenters. The molecule has 0 radical (unpaired) electrons. The highest BCUT2D eigenvalue weighted by molar-refractivity contribution is 5.32. The van der Waals surface area contributed by atoms with E-state index in [0.29, 0.717) is 12.0 Å². The molecule has 1 aliphatic rings. The highest BCUT2D eigenvalue weighted by Crippen LogP contribution is 2.29. The van der Waals surface area contributed by atoms with Crippen molar-refractivity contribution in [2.45, 2.75) is 57.6 Å². The summed E-state index contributed by atoms with van der Waals surface area (Å²) in [6, 6.07) is 2.60. The summed E-state index contributed by atoms with van der Waals surface area (Å²) in [5.74, 6) is -1.48. The second kappa shape index (κ2) is 6.33. The molecule has 2 rings (SSSR count). The molecule has 0 spiro atoms. The van der Waals surface area contributed by atoms with Gasteiger partial charge in [0.2, 0.25) is 0 Å². The van der Waals surface area contributed by atoms with Crippen molar-refractivity contribution < 1.29 is 13.5 Å². The van der Waals surface area contributed by atoms with Crippen LogP contribution in [0.5, 0.6) is 5.75 Å². The van der Waals surface area contributed by atoms with E-state index in [1.165, 1.54) is 12.1 Å². The van der Waals surface area contributed by atoms with Crippen molar-refractivity contribution >= 4 is 0 Å².